The van der Waals surface area contributed by atoms with E-state index in [1.54, 1.807) is 0 Å². The van der Waals surface area contributed by atoms with Crippen molar-refractivity contribution < 1.29 is 4.79 Å². The lowest BCUT2D eigenvalue weighted by molar-refractivity contribution is -0.232. The Morgan fingerprint density at radius 3 is 1.88 bits per heavy atom. The van der Waals surface area contributed by atoms with Crippen LogP contribution in [0, 0.1) is 35.0 Å². The summed E-state index contributed by atoms with van der Waals surface area (Å²) < 4.78 is 0. The third-order valence-corrected chi connectivity index (χ3v) is 11.9. The third-order valence-electron chi connectivity index (χ3n) is 11.9. The summed E-state index contributed by atoms with van der Waals surface area (Å²) in [6.07, 6.45) is 20.8. The van der Waals surface area contributed by atoms with Gasteiger partial charge in [0.05, 0.1) is 12.3 Å². The quantitative estimate of drug-likeness (QED) is 0.543. The number of carbonyl (C=O) groups excluding carboxylic acids is 1. The van der Waals surface area contributed by atoms with Crippen molar-refractivity contribution in [1.29, 1.82) is 0 Å². The number of likely N-dealkylation sites (tertiary alicyclic amines) is 1. The molecule has 3 N–H and O–H groups in total. The zero-order valence-corrected chi connectivity index (χ0v) is 21.3. The van der Waals surface area contributed by atoms with Gasteiger partial charge in [-0.1, -0.05) is 32.1 Å². The molecule has 8 atom stereocenters. The molecule has 4 saturated heterocycles. The molecule has 0 radical (unpaired) electrons. The van der Waals surface area contributed by atoms with E-state index in [0.717, 1.165) is 19.0 Å². The largest absolute Gasteiger partial charge is 0.313 e. The number of ketones is 1. The van der Waals surface area contributed by atoms with Crippen molar-refractivity contribution in [2.24, 2.45) is 35.0 Å². The van der Waals surface area contributed by atoms with E-state index in [2.05, 4.69) is 20.9 Å². The molecule has 0 bridgehead atoms. The van der Waals surface area contributed by atoms with Gasteiger partial charge in [-0.25, -0.2) is 0 Å². The van der Waals surface area contributed by atoms with Gasteiger partial charge in [-0.15, -0.1) is 0 Å². The van der Waals surface area contributed by atoms with Crippen molar-refractivity contribution in [2.45, 2.75) is 121 Å². The van der Waals surface area contributed by atoms with Gasteiger partial charge in [-0.3, -0.25) is 9.69 Å². The van der Waals surface area contributed by atoms with Crippen molar-refractivity contribution in [2.75, 3.05) is 19.6 Å². The first-order chi connectivity index (χ1) is 16.8. The summed E-state index contributed by atoms with van der Waals surface area (Å²) in [4.78, 5) is 17.0. The number of hydrogen-bond acceptors (Lipinski definition) is 5. The average molecular weight is 469 g/mol. The number of Topliss-reactive ketones (excluding diaryl/α,β-unsaturated/α-hetero) is 1. The molecule has 0 aromatic carbocycles. The number of nitrogens with zero attached hydrogens (tertiary/aromatic N) is 1. The van der Waals surface area contributed by atoms with Crippen LogP contribution >= 0.6 is 0 Å². The van der Waals surface area contributed by atoms with Crippen molar-refractivity contribution >= 4 is 5.78 Å². The van der Waals surface area contributed by atoms with Gasteiger partial charge in [0.15, 0.2) is 0 Å². The molecule has 0 aromatic rings. The van der Waals surface area contributed by atoms with Crippen LogP contribution in [0.1, 0.15) is 96.3 Å². The van der Waals surface area contributed by atoms with Crippen molar-refractivity contribution in [3.05, 3.63) is 0 Å². The van der Waals surface area contributed by atoms with Crippen molar-refractivity contribution in [3.63, 3.8) is 0 Å². The topological polar surface area (TPSA) is 56.4 Å². The number of carbonyl (C=O) groups is 1. The molecule has 7 aliphatic rings. The van der Waals surface area contributed by atoms with Crippen molar-refractivity contribution in [3.8, 4) is 0 Å². The highest BCUT2D eigenvalue weighted by molar-refractivity contribution is 5.86. The molecule has 7 fully saturated rings. The Labute approximate surface area is 206 Å². The van der Waals surface area contributed by atoms with E-state index in [-0.39, 0.29) is 11.3 Å². The molecule has 3 saturated carbocycles. The smallest absolute Gasteiger partial charge is 0.140 e. The zero-order valence-electron chi connectivity index (χ0n) is 21.3. The molecule has 5 heteroatoms. The third kappa shape index (κ3) is 3.22. The first kappa shape index (κ1) is 22.7. The molecular weight excluding hydrogens is 420 g/mol. The number of hydrogen-bond donors (Lipinski definition) is 3. The van der Waals surface area contributed by atoms with Gasteiger partial charge >= 0.3 is 0 Å². The van der Waals surface area contributed by atoms with Crippen LogP contribution in [0.4, 0.5) is 0 Å². The van der Waals surface area contributed by atoms with E-state index in [1.807, 2.05) is 0 Å². The highest BCUT2D eigenvalue weighted by Crippen LogP contribution is 2.65. The predicted molar refractivity (Wildman–Crippen MR) is 135 cm³/mol. The van der Waals surface area contributed by atoms with Gasteiger partial charge in [0.1, 0.15) is 5.78 Å². The molecule has 1 spiro atoms. The van der Waals surface area contributed by atoms with Crippen LogP contribution in [-0.2, 0) is 4.79 Å². The molecular formula is C29H48N4O. The van der Waals surface area contributed by atoms with Gasteiger partial charge in [-0.2, -0.15) is 0 Å². The summed E-state index contributed by atoms with van der Waals surface area (Å²) in [5.74, 6) is 3.29. The maximum Gasteiger partial charge on any atom is 0.140 e. The van der Waals surface area contributed by atoms with Crippen molar-refractivity contribution in [1.82, 2.24) is 20.9 Å². The SMILES string of the molecule is O=C1C2CCCCC2C2(C3CCCNC3N(C3CCCCC3)C3NCCCC32)C2NCCCC12. The lowest BCUT2D eigenvalue weighted by Crippen LogP contribution is -2.81. The van der Waals surface area contributed by atoms with Crippen LogP contribution in [0.2, 0.25) is 0 Å². The van der Waals surface area contributed by atoms with Gasteiger partial charge < -0.3 is 16.0 Å². The fourth-order valence-electron chi connectivity index (χ4n) is 11.0. The fraction of sp³-hybridized carbons (Fsp3) is 0.966. The van der Waals surface area contributed by atoms with E-state index >= 15 is 0 Å². The van der Waals surface area contributed by atoms with Crippen LogP contribution in [0.15, 0.2) is 0 Å². The minimum absolute atomic E-state index is 0.277. The minimum atomic E-state index is 0.277. The van der Waals surface area contributed by atoms with Gasteiger partial charge in [0, 0.05) is 29.3 Å². The molecule has 0 amide bonds. The first-order valence-electron chi connectivity index (χ1n) is 15.3. The number of piperidine rings is 4. The van der Waals surface area contributed by atoms with Crippen LogP contribution < -0.4 is 16.0 Å². The van der Waals surface area contributed by atoms with Crippen LogP contribution in [0.3, 0.4) is 0 Å². The molecule has 4 heterocycles. The summed E-state index contributed by atoms with van der Waals surface area (Å²) >= 11 is 0. The van der Waals surface area contributed by atoms with Gasteiger partial charge in [0.25, 0.3) is 0 Å². The lowest BCUT2D eigenvalue weighted by atomic mass is 9.40. The molecule has 34 heavy (non-hydrogen) atoms. The van der Waals surface area contributed by atoms with E-state index in [0.29, 0.717) is 47.8 Å². The van der Waals surface area contributed by atoms with E-state index in [9.17, 15) is 4.79 Å². The second kappa shape index (κ2) is 9.11. The Morgan fingerprint density at radius 1 is 0.588 bits per heavy atom. The molecule has 8 unspecified atom stereocenters. The van der Waals surface area contributed by atoms with E-state index in [1.165, 1.54) is 103 Å². The van der Waals surface area contributed by atoms with Gasteiger partial charge in [0.2, 0.25) is 0 Å². The van der Waals surface area contributed by atoms with E-state index < -0.39 is 0 Å². The monoisotopic (exact) mass is 468 g/mol. The fourth-order valence-corrected chi connectivity index (χ4v) is 11.0. The Morgan fingerprint density at radius 2 is 1.15 bits per heavy atom. The standard InChI is InChI=1S/C29H48N4O/c34-25-20-11-4-5-13-22(20)29(26-21(25)12-6-16-30-26)23-14-7-17-31-27(23)33(19-9-2-1-3-10-19)28-24(29)15-8-18-32-28/h19-24,26-28,30-32H,1-18H2. The molecule has 190 valence electrons. The lowest BCUT2D eigenvalue weighted by Gasteiger charge is -2.72. The number of nitrogens with one attached hydrogen (secondary N) is 3. The summed E-state index contributed by atoms with van der Waals surface area (Å²) in [6, 6.07) is 1.16. The number of fused-ring (bicyclic) bond motifs is 8. The van der Waals surface area contributed by atoms with Crippen LogP contribution in [0.5, 0.6) is 0 Å². The second-order valence-corrected chi connectivity index (χ2v) is 13.1. The summed E-state index contributed by atoms with van der Waals surface area (Å²) in [5, 5.41) is 12.4. The van der Waals surface area contributed by atoms with Crippen LogP contribution in [-0.4, -0.2) is 54.7 Å². The summed E-state index contributed by atoms with van der Waals surface area (Å²) in [5.41, 5.74) is 0.283. The Balaban J connectivity index is 1.38. The highest BCUT2D eigenvalue weighted by Gasteiger charge is 2.70. The van der Waals surface area contributed by atoms with Crippen LogP contribution in [0.25, 0.3) is 0 Å². The molecule has 4 aliphatic heterocycles. The second-order valence-electron chi connectivity index (χ2n) is 13.1. The predicted octanol–water partition coefficient (Wildman–Crippen LogP) is 4.03. The first-order valence-corrected chi connectivity index (χ1v) is 15.3. The summed E-state index contributed by atoms with van der Waals surface area (Å²) in [6.45, 7) is 3.47. The molecule has 0 aromatic heterocycles. The molecule has 7 rings (SSSR count). The number of rotatable bonds is 1. The normalized spacial score (nSPS) is 50.2. The molecule has 3 aliphatic carbocycles. The Bertz CT molecular complexity index is 713. The molecule has 5 nitrogen and oxygen atoms in total. The minimum Gasteiger partial charge on any atom is -0.313 e. The highest BCUT2D eigenvalue weighted by atomic mass is 16.1. The maximum absolute atomic E-state index is 14.0. The van der Waals surface area contributed by atoms with E-state index in [4.69, 9.17) is 0 Å². The zero-order chi connectivity index (χ0) is 22.7. The Hall–Kier alpha value is -0.490. The maximum atomic E-state index is 14.0. The Kier molecular flexibility index (Phi) is 6.08. The average Bonchev–Trinajstić information content (AvgIpc) is 2.91. The van der Waals surface area contributed by atoms with Gasteiger partial charge in [-0.05, 0) is 102 Å². The summed E-state index contributed by atoms with van der Waals surface area (Å²) in [7, 11) is 0.